The molecule has 1 unspecified atom stereocenters. The molecule has 1 aliphatic rings. The summed E-state index contributed by atoms with van der Waals surface area (Å²) in [5.41, 5.74) is 0.538. The Hall–Kier alpha value is 0.270. The van der Waals surface area contributed by atoms with Crippen LogP contribution in [-0.2, 0) is 0 Å². The van der Waals surface area contributed by atoms with E-state index in [-0.39, 0.29) is 0 Å². The lowest BCUT2D eigenvalue weighted by atomic mass is 9.73. The highest BCUT2D eigenvalue weighted by Gasteiger charge is 2.33. The van der Waals surface area contributed by atoms with Gasteiger partial charge in [-0.15, -0.1) is 0 Å². The van der Waals surface area contributed by atoms with Gasteiger partial charge in [0.1, 0.15) is 0 Å². The van der Waals surface area contributed by atoms with Gasteiger partial charge in [-0.05, 0) is 57.2 Å². The Morgan fingerprint density at radius 3 is 2.53 bits per heavy atom. The zero-order valence-electron chi connectivity index (χ0n) is 13.5. The average Bonchev–Trinajstić information content (AvgIpc) is 2.43. The molecule has 2 nitrogen and oxygen atoms in total. The summed E-state index contributed by atoms with van der Waals surface area (Å²) >= 11 is 1.97. The van der Waals surface area contributed by atoms with Gasteiger partial charge in [-0.2, -0.15) is 11.8 Å². The fourth-order valence-corrected chi connectivity index (χ4v) is 3.85. The fraction of sp³-hybridized carbons (Fsp3) is 1.00. The molecule has 1 saturated carbocycles. The van der Waals surface area contributed by atoms with Crippen molar-refractivity contribution in [3.05, 3.63) is 0 Å². The van der Waals surface area contributed by atoms with Crippen molar-refractivity contribution < 1.29 is 0 Å². The molecule has 0 aromatic rings. The first-order chi connectivity index (χ1) is 9.13. The molecule has 0 heterocycles. The van der Waals surface area contributed by atoms with E-state index in [1.165, 1.54) is 57.4 Å². The van der Waals surface area contributed by atoms with E-state index >= 15 is 0 Å². The van der Waals surface area contributed by atoms with Crippen LogP contribution in [0, 0.1) is 5.41 Å². The molecule has 1 aliphatic carbocycles. The lowest BCUT2D eigenvalue weighted by molar-refractivity contribution is 0.0967. The normalized spacial score (nSPS) is 20.7. The van der Waals surface area contributed by atoms with Crippen molar-refractivity contribution in [2.24, 2.45) is 5.41 Å². The number of thioether (sulfide) groups is 1. The zero-order valence-corrected chi connectivity index (χ0v) is 14.3. The van der Waals surface area contributed by atoms with Gasteiger partial charge in [-0.1, -0.05) is 26.2 Å². The standard InChI is InChI=1S/C16H34N2S/c1-5-17-13-16(10-7-6-8-11-16)14-18(3)15(2)9-12-19-4/h15,17H,5-14H2,1-4H3. The molecule has 0 aromatic carbocycles. The van der Waals surface area contributed by atoms with Crippen LogP contribution in [0.1, 0.15) is 52.4 Å². The molecule has 0 saturated heterocycles. The van der Waals surface area contributed by atoms with E-state index in [2.05, 4.69) is 37.4 Å². The maximum absolute atomic E-state index is 3.62. The third kappa shape index (κ3) is 6.05. The molecule has 0 bridgehead atoms. The van der Waals surface area contributed by atoms with Gasteiger partial charge >= 0.3 is 0 Å². The largest absolute Gasteiger partial charge is 0.316 e. The highest BCUT2D eigenvalue weighted by atomic mass is 32.2. The first kappa shape index (κ1) is 17.3. The van der Waals surface area contributed by atoms with Gasteiger partial charge in [0.25, 0.3) is 0 Å². The summed E-state index contributed by atoms with van der Waals surface area (Å²) in [6, 6.07) is 0.716. The van der Waals surface area contributed by atoms with Crippen LogP contribution in [0.2, 0.25) is 0 Å². The summed E-state index contributed by atoms with van der Waals surface area (Å²) in [6.07, 6.45) is 10.7. The van der Waals surface area contributed by atoms with Crippen molar-refractivity contribution in [2.45, 2.75) is 58.4 Å². The molecule has 0 radical (unpaired) electrons. The lowest BCUT2D eigenvalue weighted by Gasteiger charge is -2.42. The molecule has 114 valence electrons. The van der Waals surface area contributed by atoms with Gasteiger partial charge in [0.05, 0.1) is 0 Å². The van der Waals surface area contributed by atoms with Crippen molar-refractivity contribution in [3.8, 4) is 0 Å². The summed E-state index contributed by atoms with van der Waals surface area (Å²) in [4.78, 5) is 2.61. The summed E-state index contributed by atoms with van der Waals surface area (Å²) in [5, 5.41) is 3.62. The Morgan fingerprint density at radius 1 is 1.26 bits per heavy atom. The van der Waals surface area contributed by atoms with E-state index in [0.717, 1.165) is 6.54 Å². The van der Waals surface area contributed by atoms with Gasteiger partial charge in [0, 0.05) is 19.1 Å². The Balaban J connectivity index is 2.50. The van der Waals surface area contributed by atoms with Crippen molar-refractivity contribution >= 4 is 11.8 Å². The number of nitrogens with one attached hydrogen (secondary N) is 1. The van der Waals surface area contributed by atoms with E-state index < -0.39 is 0 Å². The number of hydrogen-bond acceptors (Lipinski definition) is 3. The second-order valence-corrected chi connectivity index (χ2v) is 7.37. The van der Waals surface area contributed by atoms with Gasteiger partial charge in [0.2, 0.25) is 0 Å². The van der Waals surface area contributed by atoms with Crippen LogP contribution in [-0.4, -0.2) is 49.6 Å². The molecule has 0 aromatic heterocycles. The van der Waals surface area contributed by atoms with Crippen LogP contribution >= 0.6 is 11.8 Å². The first-order valence-corrected chi connectivity index (χ1v) is 9.43. The number of nitrogens with zero attached hydrogens (tertiary/aromatic N) is 1. The molecule has 0 aliphatic heterocycles. The SMILES string of the molecule is CCNCC1(CN(C)C(C)CCSC)CCCCC1. The topological polar surface area (TPSA) is 15.3 Å². The van der Waals surface area contributed by atoms with Crippen LogP contribution in [0.25, 0.3) is 0 Å². The van der Waals surface area contributed by atoms with E-state index in [1.54, 1.807) is 0 Å². The highest BCUT2D eigenvalue weighted by molar-refractivity contribution is 7.98. The summed E-state index contributed by atoms with van der Waals surface area (Å²) in [5.74, 6) is 1.28. The molecule has 1 atom stereocenters. The molecule has 0 amide bonds. The third-order valence-corrected chi connectivity index (χ3v) is 5.39. The predicted molar refractivity (Wildman–Crippen MR) is 89.2 cm³/mol. The summed E-state index contributed by atoms with van der Waals surface area (Å²) in [7, 11) is 2.33. The Morgan fingerprint density at radius 2 is 1.95 bits per heavy atom. The second kappa shape index (κ2) is 9.25. The van der Waals surface area contributed by atoms with Gasteiger partial charge in [-0.3, -0.25) is 0 Å². The Labute approximate surface area is 125 Å². The van der Waals surface area contributed by atoms with Crippen LogP contribution < -0.4 is 5.32 Å². The van der Waals surface area contributed by atoms with E-state index in [9.17, 15) is 0 Å². The average molecular weight is 287 g/mol. The van der Waals surface area contributed by atoms with Gasteiger partial charge in [0.15, 0.2) is 0 Å². The minimum Gasteiger partial charge on any atom is -0.316 e. The molecule has 0 spiro atoms. The van der Waals surface area contributed by atoms with Crippen LogP contribution in [0.15, 0.2) is 0 Å². The number of hydrogen-bond donors (Lipinski definition) is 1. The van der Waals surface area contributed by atoms with E-state index in [0.29, 0.717) is 11.5 Å². The third-order valence-electron chi connectivity index (χ3n) is 4.74. The molecule has 1 fully saturated rings. The summed E-state index contributed by atoms with van der Waals surface area (Å²) in [6.45, 7) is 8.20. The van der Waals surface area contributed by atoms with Gasteiger partial charge < -0.3 is 10.2 Å². The van der Waals surface area contributed by atoms with Crippen molar-refractivity contribution in [3.63, 3.8) is 0 Å². The molecule has 1 N–H and O–H groups in total. The first-order valence-electron chi connectivity index (χ1n) is 8.03. The number of rotatable bonds is 9. The zero-order chi connectivity index (χ0) is 14.1. The lowest BCUT2D eigenvalue weighted by Crippen LogP contribution is -2.46. The van der Waals surface area contributed by atoms with Crippen LogP contribution in [0.4, 0.5) is 0 Å². The molecular formula is C16H34N2S. The maximum atomic E-state index is 3.62. The monoisotopic (exact) mass is 286 g/mol. The van der Waals surface area contributed by atoms with E-state index in [1.807, 2.05) is 11.8 Å². The minimum atomic E-state index is 0.538. The molecule has 3 heteroatoms. The van der Waals surface area contributed by atoms with Crippen molar-refractivity contribution in [1.29, 1.82) is 0 Å². The summed E-state index contributed by atoms with van der Waals surface area (Å²) < 4.78 is 0. The van der Waals surface area contributed by atoms with Gasteiger partial charge in [-0.25, -0.2) is 0 Å². The second-order valence-electron chi connectivity index (χ2n) is 6.39. The smallest absolute Gasteiger partial charge is 0.00719 e. The van der Waals surface area contributed by atoms with Crippen molar-refractivity contribution in [2.75, 3.05) is 38.7 Å². The predicted octanol–water partition coefficient (Wildman–Crippen LogP) is 3.62. The van der Waals surface area contributed by atoms with E-state index in [4.69, 9.17) is 0 Å². The van der Waals surface area contributed by atoms with Crippen molar-refractivity contribution in [1.82, 2.24) is 10.2 Å². The quantitative estimate of drug-likeness (QED) is 0.697. The van der Waals surface area contributed by atoms with Crippen LogP contribution in [0.5, 0.6) is 0 Å². The molecular weight excluding hydrogens is 252 g/mol. The maximum Gasteiger partial charge on any atom is 0.00719 e. The minimum absolute atomic E-state index is 0.538. The Bertz CT molecular complexity index is 227. The Kier molecular flexibility index (Phi) is 8.43. The highest BCUT2D eigenvalue weighted by Crippen LogP contribution is 2.36. The molecule has 1 rings (SSSR count). The van der Waals surface area contributed by atoms with Crippen LogP contribution in [0.3, 0.4) is 0 Å². The molecule has 19 heavy (non-hydrogen) atoms. The fourth-order valence-electron chi connectivity index (χ4n) is 3.28.